The zero-order valence-corrected chi connectivity index (χ0v) is 19.1. The minimum atomic E-state index is -0.0283. The molecular weight excluding hydrogens is 434 g/mol. The number of benzene rings is 1. The van der Waals surface area contributed by atoms with Crippen LogP contribution < -0.4 is 5.32 Å². The number of rotatable bonds is 5. The number of carbonyl (C=O) groups excluding carboxylic acids is 2. The van der Waals surface area contributed by atoms with Gasteiger partial charge in [0.05, 0.1) is 17.5 Å². The number of pyridine rings is 1. The van der Waals surface area contributed by atoms with E-state index in [9.17, 15) is 9.59 Å². The first-order valence-corrected chi connectivity index (χ1v) is 11.8. The standard InChI is InChI=1S/C25H23N5O2S/c1-16-21(13-29-24(31)10-17-5-9-33-15-17)20-4-8-30(14-19(20)12-28-16)25(32)18-2-3-22-23(11-18)27-7-6-26-22/h2-3,5-7,9,11-12,15H,4,8,10,13-14H2,1H3,(H,29,31). The van der Waals surface area contributed by atoms with Crippen LogP contribution in [0.4, 0.5) is 0 Å². The number of nitrogens with zero attached hydrogens (tertiary/aromatic N) is 4. The summed E-state index contributed by atoms with van der Waals surface area (Å²) in [6.07, 6.45) is 6.23. The normalized spacial score (nSPS) is 13.1. The molecule has 7 nitrogen and oxygen atoms in total. The Bertz CT molecular complexity index is 1340. The Balaban J connectivity index is 1.30. The molecule has 1 N–H and O–H groups in total. The number of nitrogens with one attached hydrogen (secondary N) is 1. The molecule has 33 heavy (non-hydrogen) atoms. The van der Waals surface area contributed by atoms with Crippen LogP contribution in [0.25, 0.3) is 11.0 Å². The highest BCUT2D eigenvalue weighted by molar-refractivity contribution is 7.08. The van der Waals surface area contributed by atoms with Crippen molar-refractivity contribution in [3.8, 4) is 0 Å². The van der Waals surface area contributed by atoms with E-state index < -0.39 is 0 Å². The van der Waals surface area contributed by atoms with E-state index in [1.807, 2.05) is 40.9 Å². The van der Waals surface area contributed by atoms with Gasteiger partial charge in [0.1, 0.15) is 0 Å². The second kappa shape index (κ2) is 9.07. The number of thiophene rings is 1. The van der Waals surface area contributed by atoms with Crippen LogP contribution in [0.15, 0.2) is 53.6 Å². The van der Waals surface area contributed by atoms with Crippen LogP contribution in [-0.4, -0.2) is 38.2 Å². The molecule has 0 aliphatic carbocycles. The summed E-state index contributed by atoms with van der Waals surface area (Å²) in [4.78, 5) is 40.5. The molecule has 2 amide bonds. The number of aromatic nitrogens is 3. The zero-order chi connectivity index (χ0) is 22.8. The molecule has 0 radical (unpaired) electrons. The lowest BCUT2D eigenvalue weighted by molar-refractivity contribution is -0.120. The molecule has 1 aliphatic heterocycles. The maximum Gasteiger partial charge on any atom is 0.254 e. The van der Waals surface area contributed by atoms with E-state index in [-0.39, 0.29) is 11.8 Å². The summed E-state index contributed by atoms with van der Waals surface area (Å²) < 4.78 is 0. The fraction of sp³-hybridized carbons (Fsp3) is 0.240. The molecule has 0 bridgehead atoms. The molecule has 0 saturated carbocycles. The average molecular weight is 458 g/mol. The first-order chi connectivity index (χ1) is 16.1. The van der Waals surface area contributed by atoms with Gasteiger partial charge in [-0.3, -0.25) is 24.5 Å². The molecular formula is C25H23N5O2S. The molecule has 0 fully saturated rings. The van der Waals surface area contributed by atoms with Crippen LogP contribution in [0.1, 0.15) is 38.3 Å². The van der Waals surface area contributed by atoms with Crippen molar-refractivity contribution >= 4 is 34.2 Å². The van der Waals surface area contributed by atoms with Crippen molar-refractivity contribution in [2.45, 2.75) is 32.9 Å². The van der Waals surface area contributed by atoms with Gasteiger partial charge in [-0.05, 0) is 70.6 Å². The fourth-order valence-corrected chi connectivity index (χ4v) is 4.91. The molecule has 3 aromatic heterocycles. The highest BCUT2D eigenvalue weighted by Crippen LogP contribution is 2.25. The molecule has 8 heteroatoms. The molecule has 0 saturated heterocycles. The Morgan fingerprint density at radius 1 is 1.12 bits per heavy atom. The van der Waals surface area contributed by atoms with Gasteiger partial charge in [-0.15, -0.1) is 0 Å². The Morgan fingerprint density at radius 3 is 2.79 bits per heavy atom. The Labute approximate surface area is 195 Å². The highest BCUT2D eigenvalue weighted by atomic mass is 32.1. The third-order valence-electron chi connectivity index (χ3n) is 6.01. The van der Waals surface area contributed by atoms with E-state index in [1.54, 1.807) is 35.9 Å². The van der Waals surface area contributed by atoms with Crippen molar-refractivity contribution in [3.05, 3.63) is 87.1 Å². The van der Waals surface area contributed by atoms with Gasteiger partial charge in [-0.1, -0.05) is 0 Å². The van der Waals surface area contributed by atoms with Crippen molar-refractivity contribution in [2.24, 2.45) is 0 Å². The molecule has 0 unspecified atom stereocenters. The number of hydrogen-bond acceptors (Lipinski definition) is 6. The minimum Gasteiger partial charge on any atom is -0.352 e. The predicted octanol–water partition coefficient (Wildman–Crippen LogP) is 3.45. The van der Waals surface area contributed by atoms with Gasteiger partial charge >= 0.3 is 0 Å². The summed E-state index contributed by atoms with van der Waals surface area (Å²) in [6, 6.07) is 7.39. The van der Waals surface area contributed by atoms with Crippen molar-refractivity contribution in [2.75, 3.05) is 6.54 Å². The van der Waals surface area contributed by atoms with E-state index >= 15 is 0 Å². The molecule has 4 heterocycles. The third kappa shape index (κ3) is 4.47. The lowest BCUT2D eigenvalue weighted by atomic mass is 9.94. The SMILES string of the molecule is Cc1ncc2c(c1CNC(=O)Cc1ccsc1)CCN(C(=O)c1ccc3nccnc3c1)C2. The Kier molecular flexibility index (Phi) is 5.83. The summed E-state index contributed by atoms with van der Waals surface area (Å²) in [7, 11) is 0. The minimum absolute atomic E-state index is 0.00239. The average Bonchev–Trinajstić information content (AvgIpc) is 3.35. The summed E-state index contributed by atoms with van der Waals surface area (Å²) >= 11 is 1.59. The Hall–Kier alpha value is -3.65. The van der Waals surface area contributed by atoms with Gasteiger partial charge in [-0.25, -0.2) is 0 Å². The first-order valence-electron chi connectivity index (χ1n) is 10.8. The second-order valence-corrected chi connectivity index (χ2v) is 8.93. The van der Waals surface area contributed by atoms with Gasteiger partial charge < -0.3 is 10.2 Å². The van der Waals surface area contributed by atoms with Crippen molar-refractivity contribution in [3.63, 3.8) is 0 Å². The van der Waals surface area contributed by atoms with Gasteiger partial charge in [0.15, 0.2) is 0 Å². The van der Waals surface area contributed by atoms with E-state index in [2.05, 4.69) is 20.3 Å². The van der Waals surface area contributed by atoms with Crippen LogP contribution in [0, 0.1) is 6.92 Å². The molecule has 4 aromatic rings. The summed E-state index contributed by atoms with van der Waals surface area (Å²) in [5.74, 6) is -0.0307. The summed E-state index contributed by atoms with van der Waals surface area (Å²) in [6.45, 7) is 3.52. The van der Waals surface area contributed by atoms with Crippen molar-refractivity contribution in [1.29, 1.82) is 0 Å². The molecule has 0 atom stereocenters. The predicted molar refractivity (Wildman–Crippen MR) is 127 cm³/mol. The third-order valence-corrected chi connectivity index (χ3v) is 6.74. The van der Waals surface area contributed by atoms with Crippen LogP contribution >= 0.6 is 11.3 Å². The number of carbonyl (C=O) groups is 2. The van der Waals surface area contributed by atoms with Crippen LogP contribution in [0.2, 0.25) is 0 Å². The lowest BCUT2D eigenvalue weighted by Gasteiger charge is -2.30. The van der Waals surface area contributed by atoms with Gasteiger partial charge in [0.2, 0.25) is 5.91 Å². The van der Waals surface area contributed by atoms with Gasteiger partial charge in [-0.2, -0.15) is 11.3 Å². The first kappa shape index (κ1) is 21.2. The van der Waals surface area contributed by atoms with E-state index in [1.165, 1.54) is 5.56 Å². The fourth-order valence-electron chi connectivity index (χ4n) is 4.24. The number of fused-ring (bicyclic) bond motifs is 2. The lowest BCUT2D eigenvalue weighted by Crippen LogP contribution is -2.37. The van der Waals surface area contributed by atoms with Crippen molar-refractivity contribution in [1.82, 2.24) is 25.2 Å². The van der Waals surface area contributed by atoms with E-state index in [0.29, 0.717) is 37.1 Å². The number of aryl methyl sites for hydroxylation is 1. The smallest absolute Gasteiger partial charge is 0.254 e. The van der Waals surface area contributed by atoms with Crippen LogP contribution in [-0.2, 0) is 30.7 Å². The van der Waals surface area contributed by atoms with Crippen molar-refractivity contribution < 1.29 is 9.59 Å². The van der Waals surface area contributed by atoms with Crippen LogP contribution in [0.5, 0.6) is 0 Å². The monoisotopic (exact) mass is 457 g/mol. The molecule has 5 rings (SSSR count). The Morgan fingerprint density at radius 2 is 1.97 bits per heavy atom. The molecule has 166 valence electrons. The van der Waals surface area contributed by atoms with Crippen LogP contribution in [0.3, 0.4) is 0 Å². The van der Waals surface area contributed by atoms with Gasteiger partial charge in [0, 0.05) is 49.5 Å². The molecule has 1 aliphatic rings. The van der Waals surface area contributed by atoms with Gasteiger partial charge in [0.25, 0.3) is 5.91 Å². The quantitative estimate of drug-likeness (QED) is 0.496. The molecule has 0 spiro atoms. The second-order valence-electron chi connectivity index (χ2n) is 8.15. The summed E-state index contributed by atoms with van der Waals surface area (Å²) in [5.41, 5.74) is 7.29. The zero-order valence-electron chi connectivity index (χ0n) is 18.2. The summed E-state index contributed by atoms with van der Waals surface area (Å²) in [5, 5.41) is 7.00. The topological polar surface area (TPSA) is 88.1 Å². The maximum absolute atomic E-state index is 13.2. The highest BCUT2D eigenvalue weighted by Gasteiger charge is 2.25. The number of hydrogen-bond donors (Lipinski definition) is 1. The van der Waals surface area contributed by atoms with E-state index in [0.717, 1.165) is 34.3 Å². The van der Waals surface area contributed by atoms with E-state index in [4.69, 9.17) is 0 Å². The largest absolute Gasteiger partial charge is 0.352 e. The molecule has 1 aromatic carbocycles. The maximum atomic E-state index is 13.2. The number of amides is 2.